The summed E-state index contributed by atoms with van der Waals surface area (Å²) < 4.78 is 0. The van der Waals surface area contributed by atoms with Crippen LogP contribution in [0.4, 0.5) is 0 Å². The lowest BCUT2D eigenvalue weighted by molar-refractivity contribution is 0.0999. The van der Waals surface area contributed by atoms with Gasteiger partial charge in [-0.3, -0.25) is 9.59 Å². The molecule has 2 aromatic rings. The van der Waals surface area contributed by atoms with Gasteiger partial charge in [0, 0.05) is 12.3 Å². The Balaban J connectivity index is 2.41. The summed E-state index contributed by atoms with van der Waals surface area (Å²) in [6, 6.07) is 11.0. The number of aromatic amines is 1. The maximum Gasteiger partial charge on any atom is 0.250 e. The minimum atomic E-state index is -0.535. The highest BCUT2D eigenvalue weighted by molar-refractivity contribution is 5.94. The van der Waals surface area contributed by atoms with E-state index in [1.54, 1.807) is 0 Å². The molecule has 1 aromatic carbocycles. The molecule has 0 atom stereocenters. The van der Waals surface area contributed by atoms with E-state index in [4.69, 9.17) is 5.73 Å². The number of carbonyl (C=O) groups excluding carboxylic acids is 1. The number of benzene rings is 1. The molecule has 0 saturated carbocycles. The molecule has 3 N–H and O–H groups in total. The van der Waals surface area contributed by atoms with Crippen molar-refractivity contribution in [1.29, 1.82) is 0 Å². The van der Waals surface area contributed by atoms with E-state index in [1.807, 2.05) is 30.3 Å². The summed E-state index contributed by atoms with van der Waals surface area (Å²) in [5.41, 5.74) is 7.05. The number of amides is 1. The molecule has 0 aliphatic rings. The summed E-state index contributed by atoms with van der Waals surface area (Å²) >= 11 is 0. The van der Waals surface area contributed by atoms with Gasteiger partial charge < -0.3 is 10.7 Å². The molecule has 0 fully saturated rings. The maximum atomic E-state index is 11.2. The molecule has 1 amide bonds. The SMILES string of the molecule is NC(=O)c1c[nH]c(=O)cc1Cc1ccccc1. The predicted octanol–water partition coefficient (Wildman–Crippen LogP) is 1.06. The van der Waals surface area contributed by atoms with Gasteiger partial charge in [-0.25, -0.2) is 0 Å². The van der Waals surface area contributed by atoms with Crippen LogP contribution < -0.4 is 11.3 Å². The normalized spacial score (nSPS) is 10.1. The highest BCUT2D eigenvalue weighted by Crippen LogP contribution is 2.11. The molecule has 2 rings (SSSR count). The van der Waals surface area contributed by atoms with Crippen LogP contribution in [0.3, 0.4) is 0 Å². The van der Waals surface area contributed by atoms with Gasteiger partial charge in [-0.15, -0.1) is 0 Å². The molecule has 0 spiro atoms. The van der Waals surface area contributed by atoms with Gasteiger partial charge in [0.2, 0.25) is 11.5 Å². The zero-order valence-corrected chi connectivity index (χ0v) is 9.14. The Morgan fingerprint density at radius 2 is 1.94 bits per heavy atom. The Bertz CT molecular complexity index is 588. The summed E-state index contributed by atoms with van der Waals surface area (Å²) in [5, 5.41) is 0. The van der Waals surface area contributed by atoms with Crippen LogP contribution in [0.25, 0.3) is 0 Å². The van der Waals surface area contributed by atoms with Gasteiger partial charge >= 0.3 is 0 Å². The summed E-state index contributed by atoms with van der Waals surface area (Å²) in [7, 11) is 0. The first-order valence-corrected chi connectivity index (χ1v) is 5.22. The molecule has 0 aliphatic carbocycles. The van der Waals surface area contributed by atoms with Gasteiger partial charge in [-0.05, 0) is 17.5 Å². The average Bonchev–Trinajstić information content (AvgIpc) is 2.30. The lowest BCUT2D eigenvalue weighted by Gasteiger charge is -2.05. The van der Waals surface area contributed by atoms with Crippen molar-refractivity contribution in [2.24, 2.45) is 5.73 Å². The molecular weight excluding hydrogens is 216 g/mol. The van der Waals surface area contributed by atoms with Crippen LogP contribution in [0.5, 0.6) is 0 Å². The monoisotopic (exact) mass is 228 g/mol. The van der Waals surface area contributed by atoms with E-state index in [-0.39, 0.29) is 5.56 Å². The highest BCUT2D eigenvalue weighted by atomic mass is 16.1. The van der Waals surface area contributed by atoms with Crippen molar-refractivity contribution in [3.8, 4) is 0 Å². The van der Waals surface area contributed by atoms with E-state index in [1.165, 1.54) is 12.3 Å². The minimum Gasteiger partial charge on any atom is -0.366 e. The number of nitrogens with two attached hydrogens (primary N) is 1. The summed E-state index contributed by atoms with van der Waals surface area (Å²) in [4.78, 5) is 24.9. The maximum absolute atomic E-state index is 11.2. The Morgan fingerprint density at radius 3 is 2.59 bits per heavy atom. The number of aromatic nitrogens is 1. The second-order valence-corrected chi connectivity index (χ2v) is 3.76. The first-order valence-electron chi connectivity index (χ1n) is 5.22. The van der Waals surface area contributed by atoms with Gasteiger partial charge in [-0.2, -0.15) is 0 Å². The molecule has 4 heteroatoms. The van der Waals surface area contributed by atoms with Gasteiger partial charge in [-0.1, -0.05) is 30.3 Å². The number of carbonyl (C=O) groups is 1. The van der Waals surface area contributed by atoms with Crippen molar-refractivity contribution >= 4 is 5.91 Å². The molecule has 4 nitrogen and oxygen atoms in total. The summed E-state index contributed by atoms with van der Waals surface area (Å²) in [6.45, 7) is 0. The fraction of sp³-hybridized carbons (Fsp3) is 0.0769. The third-order valence-corrected chi connectivity index (χ3v) is 2.51. The number of rotatable bonds is 3. The Hall–Kier alpha value is -2.36. The standard InChI is InChI=1S/C13H12N2O2/c14-13(17)11-8-15-12(16)7-10(11)6-9-4-2-1-3-5-9/h1-5,7-8H,6H2,(H2,14,17)(H,15,16). The van der Waals surface area contributed by atoms with Gasteiger partial charge in [0.05, 0.1) is 5.56 Å². The average molecular weight is 228 g/mol. The molecule has 0 radical (unpaired) electrons. The van der Waals surface area contributed by atoms with E-state index >= 15 is 0 Å². The van der Waals surface area contributed by atoms with Crippen LogP contribution in [0, 0.1) is 0 Å². The molecule has 86 valence electrons. The summed E-state index contributed by atoms with van der Waals surface area (Å²) in [6.07, 6.45) is 1.88. The van der Waals surface area contributed by atoms with Crippen molar-refractivity contribution in [1.82, 2.24) is 4.98 Å². The third kappa shape index (κ3) is 2.60. The third-order valence-electron chi connectivity index (χ3n) is 2.51. The molecule has 1 aromatic heterocycles. The first-order chi connectivity index (χ1) is 8.16. The lowest BCUT2D eigenvalue weighted by Crippen LogP contribution is -2.18. The van der Waals surface area contributed by atoms with Crippen LogP contribution in [0.2, 0.25) is 0 Å². The van der Waals surface area contributed by atoms with E-state index in [9.17, 15) is 9.59 Å². The Labute approximate surface area is 98.1 Å². The smallest absolute Gasteiger partial charge is 0.250 e. The number of nitrogens with one attached hydrogen (secondary N) is 1. The van der Waals surface area contributed by atoms with Crippen LogP contribution in [0.15, 0.2) is 47.4 Å². The topological polar surface area (TPSA) is 76.0 Å². The molecule has 0 bridgehead atoms. The van der Waals surface area contributed by atoms with Crippen LogP contribution >= 0.6 is 0 Å². The van der Waals surface area contributed by atoms with Crippen molar-refractivity contribution in [2.45, 2.75) is 6.42 Å². The molecule has 0 aliphatic heterocycles. The Morgan fingerprint density at radius 1 is 1.24 bits per heavy atom. The molecule has 0 unspecified atom stereocenters. The fourth-order valence-corrected chi connectivity index (χ4v) is 1.71. The zero-order valence-electron chi connectivity index (χ0n) is 9.14. The Kier molecular flexibility index (Phi) is 3.05. The zero-order chi connectivity index (χ0) is 12.3. The van der Waals surface area contributed by atoms with Crippen molar-refractivity contribution in [3.05, 3.63) is 69.6 Å². The number of hydrogen-bond donors (Lipinski definition) is 2. The second kappa shape index (κ2) is 4.65. The second-order valence-electron chi connectivity index (χ2n) is 3.76. The predicted molar refractivity (Wildman–Crippen MR) is 64.8 cm³/mol. The van der Waals surface area contributed by atoms with Gasteiger partial charge in [0.15, 0.2) is 0 Å². The minimum absolute atomic E-state index is 0.235. The molecular formula is C13H12N2O2. The van der Waals surface area contributed by atoms with Crippen molar-refractivity contribution < 1.29 is 4.79 Å². The van der Waals surface area contributed by atoms with Crippen molar-refractivity contribution in [2.75, 3.05) is 0 Å². The quantitative estimate of drug-likeness (QED) is 0.824. The number of pyridine rings is 1. The van der Waals surface area contributed by atoms with Gasteiger partial charge in [0.1, 0.15) is 0 Å². The summed E-state index contributed by atoms with van der Waals surface area (Å²) in [5.74, 6) is -0.535. The fourth-order valence-electron chi connectivity index (χ4n) is 1.71. The van der Waals surface area contributed by atoms with E-state index in [0.29, 0.717) is 17.5 Å². The highest BCUT2D eigenvalue weighted by Gasteiger charge is 2.09. The van der Waals surface area contributed by atoms with Crippen LogP contribution in [-0.4, -0.2) is 10.9 Å². The van der Waals surface area contributed by atoms with Crippen LogP contribution in [0.1, 0.15) is 21.5 Å². The van der Waals surface area contributed by atoms with Crippen LogP contribution in [-0.2, 0) is 6.42 Å². The largest absolute Gasteiger partial charge is 0.366 e. The molecule has 0 saturated heterocycles. The number of primary amides is 1. The number of H-pyrrole nitrogens is 1. The van der Waals surface area contributed by atoms with Gasteiger partial charge in [0.25, 0.3) is 0 Å². The van der Waals surface area contributed by atoms with E-state index in [0.717, 1.165) is 5.56 Å². The van der Waals surface area contributed by atoms with Crippen molar-refractivity contribution in [3.63, 3.8) is 0 Å². The molecule has 17 heavy (non-hydrogen) atoms. The number of hydrogen-bond acceptors (Lipinski definition) is 2. The van der Waals surface area contributed by atoms with E-state index in [2.05, 4.69) is 4.98 Å². The molecule has 1 heterocycles. The van der Waals surface area contributed by atoms with E-state index < -0.39 is 5.91 Å². The first kappa shape index (κ1) is 11.1. The lowest BCUT2D eigenvalue weighted by atomic mass is 10.0.